The van der Waals surface area contributed by atoms with E-state index in [0.717, 1.165) is 0 Å². The van der Waals surface area contributed by atoms with E-state index in [2.05, 4.69) is 4.74 Å². The molecular formula is C14H12F15NO3. The smallest absolute Gasteiger partial charge is 0.460 e. The van der Waals surface area contributed by atoms with Crippen molar-refractivity contribution in [3.8, 4) is 0 Å². The van der Waals surface area contributed by atoms with Gasteiger partial charge >= 0.3 is 41.7 Å². The van der Waals surface area contributed by atoms with Gasteiger partial charge in [0.15, 0.2) is 5.76 Å². The number of ether oxygens (including phenoxy) is 1. The minimum Gasteiger partial charge on any atom is -0.491 e. The molecule has 0 radical (unpaired) electrons. The van der Waals surface area contributed by atoms with E-state index in [1.807, 2.05) is 0 Å². The highest BCUT2D eigenvalue weighted by molar-refractivity contribution is 5.88. The number of carbonyl (C=O) groups excluding carboxylic acids is 1. The zero-order valence-corrected chi connectivity index (χ0v) is 15.6. The highest BCUT2D eigenvalue weighted by atomic mass is 19.4. The highest BCUT2D eigenvalue weighted by Crippen LogP contribution is 2.63. The van der Waals surface area contributed by atoms with Crippen LogP contribution in [0.4, 0.5) is 65.9 Å². The molecule has 0 spiro atoms. The molecular weight excluding hydrogens is 515 g/mol. The van der Waals surface area contributed by atoms with E-state index < -0.39 is 79.2 Å². The van der Waals surface area contributed by atoms with Crippen molar-refractivity contribution in [2.45, 2.75) is 48.6 Å². The molecule has 0 aromatic heterocycles. The Morgan fingerprint density at radius 1 is 0.758 bits per heavy atom. The molecule has 19 heteroatoms. The van der Waals surface area contributed by atoms with E-state index in [-0.39, 0.29) is 0 Å². The zero-order chi connectivity index (χ0) is 26.9. The number of hydrogen-bond donors (Lipinski definition) is 2. The molecule has 0 rings (SSSR count). The molecule has 0 aliphatic rings. The van der Waals surface area contributed by atoms with Gasteiger partial charge in [-0.15, -0.1) is 0 Å². The predicted molar refractivity (Wildman–Crippen MR) is 75.5 cm³/mol. The summed E-state index contributed by atoms with van der Waals surface area (Å²) in [5.41, 5.74) is 0. The third kappa shape index (κ3) is 4.91. The number of aliphatic hydroxyl groups excluding tert-OH is 1. The summed E-state index contributed by atoms with van der Waals surface area (Å²) in [6, 6.07) is 0. The molecule has 0 unspecified atom stereocenters. The number of halogens is 15. The first-order chi connectivity index (χ1) is 14.4. The summed E-state index contributed by atoms with van der Waals surface area (Å²) in [6.45, 7) is -2.12. The van der Waals surface area contributed by atoms with Crippen LogP contribution in [0.15, 0.2) is 11.8 Å². The number of hydrogen-bond acceptors (Lipinski definition) is 3. The lowest BCUT2D eigenvalue weighted by Gasteiger charge is -2.41. The second kappa shape index (κ2) is 9.28. The Bertz CT molecular complexity index is 730. The first-order valence-electron chi connectivity index (χ1n) is 7.99. The molecule has 0 saturated carbocycles. The van der Waals surface area contributed by atoms with E-state index in [4.69, 9.17) is 5.11 Å². The molecule has 0 saturated heterocycles. The van der Waals surface area contributed by atoms with Gasteiger partial charge in [0, 0.05) is 12.6 Å². The Kier molecular flexibility index (Phi) is 8.70. The van der Waals surface area contributed by atoms with Crippen molar-refractivity contribution >= 4 is 5.91 Å². The Morgan fingerprint density at radius 3 is 1.52 bits per heavy atom. The summed E-state index contributed by atoms with van der Waals surface area (Å²) in [5.74, 6) is -52.6. The fourth-order valence-corrected chi connectivity index (χ4v) is 1.85. The minimum absolute atomic E-state index is 0.693. The Morgan fingerprint density at radius 2 is 1.15 bits per heavy atom. The van der Waals surface area contributed by atoms with E-state index in [0.29, 0.717) is 6.92 Å². The standard InChI is InChI=1S/C14H12F15NO3/c1-2-33-6(5-7(32)30-3-4-31)8(15,16)9(17,18)10(19,20)11(21,22)12(23,24)13(25,26)14(27,28)29/h5,31H,2-4H2,1H3,(H,30,32)/b6-5-. The zero-order valence-electron chi connectivity index (χ0n) is 15.6. The number of alkyl halides is 15. The summed E-state index contributed by atoms with van der Waals surface area (Å²) in [7, 11) is 0. The van der Waals surface area contributed by atoms with Crippen LogP contribution in [0.1, 0.15) is 6.92 Å². The summed E-state index contributed by atoms with van der Waals surface area (Å²) >= 11 is 0. The summed E-state index contributed by atoms with van der Waals surface area (Å²) in [4.78, 5) is 11.3. The topological polar surface area (TPSA) is 58.6 Å². The number of nitrogens with one attached hydrogen (secondary N) is 1. The van der Waals surface area contributed by atoms with Crippen LogP contribution >= 0.6 is 0 Å². The molecule has 0 fully saturated rings. The third-order valence-electron chi connectivity index (χ3n) is 3.61. The minimum atomic E-state index is -8.44. The maximum atomic E-state index is 14.0. The second-order valence-corrected chi connectivity index (χ2v) is 5.90. The van der Waals surface area contributed by atoms with Crippen LogP contribution in [0.3, 0.4) is 0 Å². The van der Waals surface area contributed by atoms with E-state index in [1.165, 1.54) is 5.32 Å². The molecule has 1 amide bonds. The first-order valence-corrected chi connectivity index (χ1v) is 7.99. The monoisotopic (exact) mass is 527 g/mol. The van der Waals surface area contributed by atoms with Gasteiger partial charge in [-0.05, 0) is 6.92 Å². The largest absolute Gasteiger partial charge is 0.491 e. The van der Waals surface area contributed by atoms with Crippen molar-refractivity contribution < 1.29 is 80.5 Å². The second-order valence-electron chi connectivity index (χ2n) is 5.90. The van der Waals surface area contributed by atoms with Gasteiger partial charge in [-0.2, -0.15) is 65.9 Å². The lowest BCUT2D eigenvalue weighted by molar-refractivity contribution is -0.451. The lowest BCUT2D eigenvalue weighted by Crippen LogP contribution is -2.72. The van der Waals surface area contributed by atoms with Crippen LogP contribution in [0, 0.1) is 0 Å². The van der Waals surface area contributed by atoms with Gasteiger partial charge in [0.1, 0.15) is 0 Å². The number of aliphatic hydroxyl groups is 1. The van der Waals surface area contributed by atoms with Crippen molar-refractivity contribution in [2.75, 3.05) is 19.8 Å². The maximum Gasteiger partial charge on any atom is 0.460 e. The van der Waals surface area contributed by atoms with Gasteiger partial charge in [-0.3, -0.25) is 4.79 Å². The Labute approximate surface area is 173 Å². The number of amides is 1. The van der Waals surface area contributed by atoms with E-state index in [1.54, 1.807) is 0 Å². The SMILES string of the molecule is CCO/C(=C\C(=O)NCCO)C(F)(F)C(F)(F)C(F)(F)C(F)(F)C(F)(F)C(F)(F)C(F)(F)F. The average molecular weight is 527 g/mol. The fraction of sp³-hybridized carbons (Fsp3) is 0.786. The fourth-order valence-electron chi connectivity index (χ4n) is 1.85. The van der Waals surface area contributed by atoms with Crippen LogP contribution in [-0.4, -0.2) is 72.5 Å². The molecule has 0 aliphatic carbocycles. The molecule has 0 heterocycles. The molecule has 196 valence electrons. The van der Waals surface area contributed by atoms with E-state index in [9.17, 15) is 70.7 Å². The summed E-state index contributed by atoms with van der Waals surface area (Å²) in [5, 5.41) is 9.88. The maximum absolute atomic E-state index is 14.0. The van der Waals surface area contributed by atoms with Gasteiger partial charge in [0.2, 0.25) is 5.91 Å². The molecule has 0 aromatic rings. The Hall–Kier alpha value is -2.08. The third-order valence-corrected chi connectivity index (χ3v) is 3.61. The number of rotatable bonds is 11. The van der Waals surface area contributed by atoms with Crippen molar-refractivity contribution in [1.29, 1.82) is 0 Å². The molecule has 0 aromatic carbocycles. The molecule has 4 nitrogen and oxygen atoms in total. The van der Waals surface area contributed by atoms with Gasteiger partial charge in [0.05, 0.1) is 13.2 Å². The van der Waals surface area contributed by atoms with Crippen LogP contribution < -0.4 is 5.32 Å². The summed E-state index contributed by atoms with van der Waals surface area (Å²) in [6.07, 6.45) is -8.45. The van der Waals surface area contributed by atoms with Gasteiger partial charge in [0.25, 0.3) is 0 Å². The van der Waals surface area contributed by atoms with Crippen molar-refractivity contribution in [3.05, 3.63) is 11.8 Å². The predicted octanol–water partition coefficient (Wildman–Crippen LogP) is 4.39. The van der Waals surface area contributed by atoms with Crippen molar-refractivity contribution in [2.24, 2.45) is 0 Å². The van der Waals surface area contributed by atoms with Gasteiger partial charge in [-0.1, -0.05) is 0 Å². The molecule has 0 bridgehead atoms. The lowest BCUT2D eigenvalue weighted by atomic mass is 9.90. The molecule has 33 heavy (non-hydrogen) atoms. The van der Waals surface area contributed by atoms with Crippen LogP contribution in [-0.2, 0) is 9.53 Å². The van der Waals surface area contributed by atoms with Gasteiger partial charge in [-0.25, -0.2) is 0 Å². The Balaban J connectivity index is 6.72. The van der Waals surface area contributed by atoms with Crippen LogP contribution in [0.2, 0.25) is 0 Å². The number of allylic oxidation sites excluding steroid dienone is 1. The molecule has 2 N–H and O–H groups in total. The van der Waals surface area contributed by atoms with E-state index >= 15 is 0 Å². The van der Waals surface area contributed by atoms with Crippen molar-refractivity contribution in [3.63, 3.8) is 0 Å². The van der Waals surface area contributed by atoms with Crippen LogP contribution in [0.5, 0.6) is 0 Å². The average Bonchev–Trinajstić information content (AvgIpc) is 2.64. The highest BCUT2D eigenvalue weighted by Gasteiger charge is 2.93. The summed E-state index contributed by atoms with van der Waals surface area (Å²) < 4.78 is 202. The van der Waals surface area contributed by atoms with Gasteiger partial charge < -0.3 is 15.2 Å². The molecule has 0 atom stereocenters. The number of carbonyl (C=O) groups is 1. The normalized spacial score (nSPS) is 15.5. The quantitative estimate of drug-likeness (QED) is 0.238. The van der Waals surface area contributed by atoms with Crippen LogP contribution in [0.25, 0.3) is 0 Å². The first kappa shape index (κ1) is 30.9. The van der Waals surface area contributed by atoms with Crippen molar-refractivity contribution in [1.82, 2.24) is 5.32 Å². The molecule has 0 aliphatic heterocycles.